The van der Waals surface area contributed by atoms with Gasteiger partial charge in [0.05, 0.1) is 15.9 Å². The molecule has 0 amide bonds. The van der Waals surface area contributed by atoms with Gasteiger partial charge in [0.15, 0.2) is 0 Å². The van der Waals surface area contributed by atoms with Gasteiger partial charge in [0.1, 0.15) is 5.69 Å². The summed E-state index contributed by atoms with van der Waals surface area (Å²) in [5, 5.41) is 25.7. The minimum Gasteiger partial charge on any atom is -0.272 e. The maximum absolute atomic E-state index is 11.0. The van der Waals surface area contributed by atoms with Crippen molar-refractivity contribution in [3.05, 3.63) is 38.4 Å². The van der Waals surface area contributed by atoms with Crippen LogP contribution in [0.3, 0.4) is 0 Å². The van der Waals surface area contributed by atoms with Gasteiger partial charge in [0, 0.05) is 12.3 Å². The van der Waals surface area contributed by atoms with Crippen molar-refractivity contribution >= 4 is 23.3 Å². The average molecular weight is 364 g/mol. The van der Waals surface area contributed by atoms with Crippen LogP contribution in [-0.2, 0) is 0 Å². The molecule has 8 nitrogen and oxygen atoms in total. The molecule has 0 unspecified atom stereocenters. The van der Waals surface area contributed by atoms with Crippen LogP contribution in [0.25, 0.3) is 0 Å². The number of nitro benzene ring substituents is 2. The number of anilines is 1. The van der Waals surface area contributed by atoms with Crippen LogP contribution in [0, 0.1) is 20.2 Å². The third-order valence-corrected chi connectivity index (χ3v) is 4.10. The number of hydrazone groups is 1. The van der Waals surface area contributed by atoms with Crippen molar-refractivity contribution in [1.82, 2.24) is 0 Å². The number of unbranched alkanes of at least 4 members (excludes halogenated alkanes) is 9. The Morgan fingerprint density at radius 1 is 0.962 bits per heavy atom. The molecule has 0 aromatic heterocycles. The summed E-state index contributed by atoms with van der Waals surface area (Å²) in [5.74, 6) is 0. The van der Waals surface area contributed by atoms with E-state index in [1.165, 1.54) is 57.1 Å². The fourth-order valence-electron chi connectivity index (χ4n) is 2.61. The summed E-state index contributed by atoms with van der Waals surface area (Å²) in [6.45, 7) is 2.22. The van der Waals surface area contributed by atoms with Gasteiger partial charge in [-0.1, -0.05) is 58.3 Å². The van der Waals surface area contributed by atoms with Crippen molar-refractivity contribution in [2.75, 3.05) is 5.43 Å². The van der Waals surface area contributed by atoms with Crippen molar-refractivity contribution < 1.29 is 9.85 Å². The van der Waals surface area contributed by atoms with E-state index in [-0.39, 0.29) is 17.1 Å². The third kappa shape index (κ3) is 8.55. The Morgan fingerprint density at radius 3 is 2.15 bits per heavy atom. The number of hydrogen-bond acceptors (Lipinski definition) is 6. The summed E-state index contributed by atoms with van der Waals surface area (Å²) in [5.41, 5.74) is 2.06. The second-order valence-electron chi connectivity index (χ2n) is 6.26. The first-order valence-corrected chi connectivity index (χ1v) is 9.26. The highest BCUT2D eigenvalue weighted by atomic mass is 16.6. The molecule has 0 aliphatic carbocycles. The van der Waals surface area contributed by atoms with Crippen molar-refractivity contribution in [3.8, 4) is 0 Å². The van der Waals surface area contributed by atoms with Gasteiger partial charge in [-0.2, -0.15) is 5.10 Å². The summed E-state index contributed by atoms with van der Waals surface area (Å²) >= 11 is 0. The Balaban J connectivity index is 2.26. The lowest BCUT2D eigenvalue weighted by Gasteiger charge is -2.02. The average Bonchev–Trinajstić information content (AvgIpc) is 2.62. The largest absolute Gasteiger partial charge is 0.301 e. The fourth-order valence-corrected chi connectivity index (χ4v) is 2.61. The zero-order chi connectivity index (χ0) is 19.2. The van der Waals surface area contributed by atoms with Crippen LogP contribution in [0.15, 0.2) is 23.3 Å². The van der Waals surface area contributed by atoms with Gasteiger partial charge < -0.3 is 0 Å². The molecule has 0 heterocycles. The number of non-ortho nitro benzene ring substituents is 1. The molecular weight excluding hydrogens is 336 g/mol. The van der Waals surface area contributed by atoms with E-state index in [2.05, 4.69) is 17.5 Å². The van der Waals surface area contributed by atoms with E-state index < -0.39 is 9.85 Å². The molecule has 1 N–H and O–H groups in total. The lowest BCUT2D eigenvalue weighted by atomic mass is 10.1. The smallest absolute Gasteiger partial charge is 0.272 e. The molecule has 8 heteroatoms. The number of benzene rings is 1. The van der Waals surface area contributed by atoms with E-state index in [1.54, 1.807) is 6.21 Å². The Kier molecular flexibility index (Phi) is 10.6. The zero-order valence-electron chi connectivity index (χ0n) is 15.4. The quantitative estimate of drug-likeness (QED) is 0.193. The van der Waals surface area contributed by atoms with E-state index in [4.69, 9.17) is 0 Å². The zero-order valence-corrected chi connectivity index (χ0v) is 15.4. The molecule has 26 heavy (non-hydrogen) atoms. The highest BCUT2D eigenvalue weighted by Crippen LogP contribution is 2.28. The molecule has 0 aliphatic rings. The highest BCUT2D eigenvalue weighted by Gasteiger charge is 2.18. The van der Waals surface area contributed by atoms with E-state index in [9.17, 15) is 20.2 Å². The minimum atomic E-state index is -0.663. The van der Waals surface area contributed by atoms with Crippen LogP contribution in [0.5, 0.6) is 0 Å². The van der Waals surface area contributed by atoms with E-state index >= 15 is 0 Å². The predicted octanol–water partition coefficient (Wildman–Crippen LogP) is 5.82. The lowest BCUT2D eigenvalue weighted by molar-refractivity contribution is -0.393. The minimum absolute atomic E-state index is 0.143. The lowest BCUT2D eigenvalue weighted by Crippen LogP contribution is -1.98. The van der Waals surface area contributed by atoms with Crippen LogP contribution < -0.4 is 5.43 Å². The highest BCUT2D eigenvalue weighted by molar-refractivity contribution is 5.67. The van der Waals surface area contributed by atoms with Gasteiger partial charge in [0.25, 0.3) is 5.69 Å². The van der Waals surface area contributed by atoms with Gasteiger partial charge >= 0.3 is 5.69 Å². The summed E-state index contributed by atoms with van der Waals surface area (Å²) in [6.07, 6.45) is 13.7. The maximum Gasteiger partial charge on any atom is 0.301 e. The molecule has 1 aromatic carbocycles. The second-order valence-corrected chi connectivity index (χ2v) is 6.26. The van der Waals surface area contributed by atoms with Crippen LogP contribution >= 0.6 is 0 Å². The molecule has 1 aromatic rings. The molecule has 0 aliphatic heterocycles. The number of rotatable bonds is 14. The standard InChI is InChI=1S/C18H28N4O4/c1-2-3-4-5-6-7-8-9-10-11-14-19-20-17-13-12-16(21(23)24)15-18(17)22(25)26/h12-15,20H,2-11H2,1H3/b19-14-. The Hall–Kier alpha value is -2.51. The SMILES string of the molecule is CCCCCCCCCCC/C=N\Nc1ccc([N+](=O)[O-])cc1[N+](=O)[O-]. The molecule has 0 saturated heterocycles. The molecule has 144 valence electrons. The fraction of sp³-hybridized carbons (Fsp3) is 0.611. The molecule has 0 radical (unpaired) electrons. The topological polar surface area (TPSA) is 111 Å². The first-order valence-electron chi connectivity index (χ1n) is 9.26. The van der Waals surface area contributed by atoms with Crippen LogP contribution in [0.1, 0.15) is 71.1 Å². The normalized spacial score (nSPS) is 11.0. The second kappa shape index (κ2) is 12.8. The molecule has 0 saturated carbocycles. The molecule has 0 spiro atoms. The van der Waals surface area contributed by atoms with Crippen molar-refractivity contribution in [2.24, 2.45) is 5.10 Å². The van der Waals surface area contributed by atoms with E-state index in [0.717, 1.165) is 25.3 Å². The Morgan fingerprint density at radius 2 is 1.58 bits per heavy atom. The van der Waals surface area contributed by atoms with Crippen LogP contribution in [0.2, 0.25) is 0 Å². The van der Waals surface area contributed by atoms with Gasteiger partial charge in [-0.15, -0.1) is 0 Å². The van der Waals surface area contributed by atoms with Gasteiger partial charge in [-0.3, -0.25) is 25.7 Å². The summed E-state index contributed by atoms with van der Waals surface area (Å²) in [7, 11) is 0. The molecular formula is C18H28N4O4. The summed E-state index contributed by atoms with van der Waals surface area (Å²) < 4.78 is 0. The van der Waals surface area contributed by atoms with Crippen molar-refractivity contribution in [3.63, 3.8) is 0 Å². The summed E-state index contributed by atoms with van der Waals surface area (Å²) in [4.78, 5) is 20.4. The van der Waals surface area contributed by atoms with Gasteiger partial charge in [0.2, 0.25) is 0 Å². The predicted molar refractivity (Wildman–Crippen MR) is 104 cm³/mol. The van der Waals surface area contributed by atoms with Crippen LogP contribution in [-0.4, -0.2) is 16.1 Å². The summed E-state index contributed by atoms with van der Waals surface area (Å²) in [6, 6.07) is 3.44. The van der Waals surface area contributed by atoms with Crippen LogP contribution in [0.4, 0.5) is 17.1 Å². The molecule has 1 rings (SSSR count). The van der Waals surface area contributed by atoms with Crippen molar-refractivity contribution in [1.29, 1.82) is 0 Å². The van der Waals surface area contributed by atoms with Gasteiger partial charge in [-0.25, -0.2) is 0 Å². The number of nitrogens with zero attached hydrogens (tertiary/aromatic N) is 3. The van der Waals surface area contributed by atoms with E-state index in [0.29, 0.717) is 0 Å². The number of hydrogen-bond donors (Lipinski definition) is 1. The molecule has 0 fully saturated rings. The van der Waals surface area contributed by atoms with Gasteiger partial charge in [-0.05, 0) is 18.9 Å². The monoisotopic (exact) mass is 364 g/mol. The maximum atomic E-state index is 11.0. The third-order valence-electron chi connectivity index (χ3n) is 4.10. The first kappa shape index (κ1) is 21.5. The Bertz CT molecular complexity index is 605. The van der Waals surface area contributed by atoms with E-state index in [1.807, 2.05) is 0 Å². The van der Waals surface area contributed by atoms with Crippen molar-refractivity contribution in [2.45, 2.75) is 71.1 Å². The first-order chi connectivity index (χ1) is 12.6. The number of nitrogens with one attached hydrogen (secondary N) is 1. The molecule has 0 atom stereocenters. The molecule has 0 bridgehead atoms. The number of nitro groups is 2. The Labute approximate surface area is 154 Å².